The van der Waals surface area contributed by atoms with Crippen LogP contribution in [0.3, 0.4) is 0 Å². The van der Waals surface area contributed by atoms with Crippen LogP contribution in [-0.4, -0.2) is 50.4 Å². The predicted octanol–water partition coefficient (Wildman–Crippen LogP) is -4.79. The third-order valence-corrected chi connectivity index (χ3v) is 1.60. The largest absolute Gasteiger partial charge is 0.359 e. The van der Waals surface area contributed by atoms with E-state index in [1.54, 1.807) is 0 Å². The summed E-state index contributed by atoms with van der Waals surface area (Å²) >= 11 is 0. The van der Waals surface area contributed by atoms with Gasteiger partial charge in [-0.15, -0.1) is 9.58 Å². The fourth-order valence-electron chi connectivity index (χ4n) is 1.000. The number of nitro groups is 2. The molecule has 19 heavy (non-hydrogen) atoms. The van der Waals surface area contributed by atoms with Crippen molar-refractivity contribution in [3.63, 3.8) is 0 Å². The van der Waals surface area contributed by atoms with Crippen molar-refractivity contribution < 1.29 is 10.1 Å². The molecule has 0 aliphatic carbocycles. The maximum atomic E-state index is 10.3. The highest BCUT2D eigenvalue weighted by Crippen LogP contribution is 1.72. The van der Waals surface area contributed by atoms with Gasteiger partial charge in [0.2, 0.25) is 0 Å². The van der Waals surface area contributed by atoms with E-state index in [0.717, 1.165) is 0 Å². The third kappa shape index (κ3) is 2.22. The Morgan fingerprint density at radius 3 is 2.53 bits per heavy atom. The molecule has 2 rings (SSSR count). The Kier molecular flexibility index (Phi) is 2.68. The molecule has 0 bridgehead atoms. The Morgan fingerprint density at radius 1 is 1.21 bits per heavy atom. The lowest BCUT2D eigenvalue weighted by Gasteiger charge is -1.94. The number of aromatic amines is 1. The molecule has 0 aromatic carbocycles. The molecule has 17 nitrogen and oxygen atoms in total. The lowest BCUT2D eigenvalue weighted by Crippen LogP contribution is -2.40. The number of hydrogen-bond donors (Lipinski definition) is 2. The molecule has 0 radical (unpaired) electrons. The highest BCUT2D eigenvalue weighted by molar-refractivity contribution is 4.57. The number of rotatable bonds is 3. The molecule has 100 valence electrons. The van der Waals surface area contributed by atoms with Crippen LogP contribution in [0.4, 0.5) is 0 Å². The standard InChI is InChI=1S/C2H3N13O4/c3-11-2(6-15(18)19)13(10-9-11)12-1(4-7-8-12)5-14(16)17/h3H2,(H,4,5,8)/b6-2+. The highest BCUT2D eigenvalue weighted by Gasteiger charge is 2.12. The first kappa shape index (κ1) is 11.8. The molecular weight excluding hydrogens is 270 g/mol. The second-order valence-electron chi connectivity index (χ2n) is 2.70. The first-order valence-corrected chi connectivity index (χ1v) is 4.18. The van der Waals surface area contributed by atoms with Crippen LogP contribution in [0, 0.1) is 20.2 Å². The summed E-state index contributed by atoms with van der Waals surface area (Å²) in [6.07, 6.45) is 0. The number of aromatic nitrogens is 8. The number of nitrogens with two attached hydrogens (primary N) is 1. The van der Waals surface area contributed by atoms with Gasteiger partial charge < -0.3 is 5.84 Å². The van der Waals surface area contributed by atoms with Gasteiger partial charge >= 0.3 is 11.2 Å². The van der Waals surface area contributed by atoms with Gasteiger partial charge in [-0.25, -0.2) is 20.2 Å². The van der Waals surface area contributed by atoms with Gasteiger partial charge in [-0.2, -0.15) is 5.21 Å². The van der Waals surface area contributed by atoms with Crippen molar-refractivity contribution >= 4 is 0 Å². The molecule has 0 unspecified atom stereocenters. The summed E-state index contributed by atoms with van der Waals surface area (Å²) in [5, 5.41) is 39.4. The summed E-state index contributed by atoms with van der Waals surface area (Å²) in [6.45, 7) is 0. The van der Waals surface area contributed by atoms with Crippen molar-refractivity contribution in [2.75, 3.05) is 5.84 Å². The van der Waals surface area contributed by atoms with Crippen LogP contribution in [0.15, 0.2) is 10.2 Å². The van der Waals surface area contributed by atoms with Crippen molar-refractivity contribution in [3.05, 3.63) is 31.5 Å². The SMILES string of the molecule is Nn1nnn(-n2[nH]nn/c2=N\[N+](=O)[O-])/c1=N/[N+](=O)[O-]. The van der Waals surface area contributed by atoms with E-state index < -0.39 is 21.3 Å². The monoisotopic (exact) mass is 273 g/mol. The maximum absolute atomic E-state index is 10.3. The lowest BCUT2D eigenvalue weighted by molar-refractivity contribution is -0.492. The number of nitrogen functional groups attached to an aromatic ring is 1. The van der Waals surface area contributed by atoms with Gasteiger partial charge in [0.15, 0.2) is 10.1 Å². The number of H-pyrrole nitrogens is 1. The molecule has 17 heteroatoms. The topological polar surface area (TPSA) is 219 Å². The Bertz CT molecular complexity index is 752. The number of tetrazole rings is 2. The first-order valence-electron chi connectivity index (χ1n) is 4.18. The lowest BCUT2D eigenvalue weighted by atomic mass is 11.1. The minimum atomic E-state index is -1.06. The third-order valence-electron chi connectivity index (χ3n) is 1.60. The summed E-state index contributed by atoms with van der Waals surface area (Å²) in [5.41, 5.74) is -1.13. The normalized spacial score (nSPS) is 12.8. The van der Waals surface area contributed by atoms with E-state index in [1.165, 1.54) is 0 Å². The molecule has 0 spiro atoms. The summed E-state index contributed by atoms with van der Waals surface area (Å²) in [7, 11) is 0. The van der Waals surface area contributed by atoms with Crippen LogP contribution < -0.4 is 17.1 Å². The van der Waals surface area contributed by atoms with Gasteiger partial charge in [0.05, 0.1) is 0 Å². The van der Waals surface area contributed by atoms with Crippen LogP contribution in [-0.2, 0) is 0 Å². The zero-order chi connectivity index (χ0) is 14.0. The molecule has 2 heterocycles. The first-order chi connectivity index (χ1) is 8.99. The van der Waals surface area contributed by atoms with E-state index >= 15 is 0 Å². The van der Waals surface area contributed by atoms with Crippen LogP contribution >= 0.6 is 0 Å². The number of hydrogen-bond acceptors (Lipinski definition) is 9. The molecule has 3 N–H and O–H groups in total. The fraction of sp³-hybridized carbons (Fsp3) is 0. The molecule has 0 atom stereocenters. The van der Waals surface area contributed by atoms with Gasteiger partial charge in [-0.3, -0.25) is 0 Å². The molecule has 0 amide bonds. The molecule has 0 saturated heterocycles. The molecule has 2 aromatic rings. The van der Waals surface area contributed by atoms with Gasteiger partial charge in [0.1, 0.15) is 10.2 Å². The second kappa shape index (κ2) is 4.31. The van der Waals surface area contributed by atoms with Gasteiger partial charge in [-0.05, 0) is 15.6 Å². The van der Waals surface area contributed by atoms with Gasteiger partial charge in [-0.1, -0.05) is 9.89 Å². The van der Waals surface area contributed by atoms with Crippen molar-refractivity contribution in [2.45, 2.75) is 0 Å². The van der Waals surface area contributed by atoms with Crippen LogP contribution in [0.2, 0.25) is 0 Å². The Morgan fingerprint density at radius 2 is 1.89 bits per heavy atom. The Labute approximate surface area is 99.0 Å². The molecule has 2 aromatic heterocycles. The number of nitrogens with zero attached hydrogens (tertiary/aromatic N) is 11. The van der Waals surface area contributed by atoms with E-state index in [4.69, 9.17) is 5.84 Å². The van der Waals surface area contributed by atoms with E-state index in [2.05, 4.69) is 36.2 Å². The van der Waals surface area contributed by atoms with E-state index in [9.17, 15) is 20.2 Å². The number of nitrogens with one attached hydrogen (secondary N) is 1. The minimum Gasteiger partial charge on any atom is -0.318 e. The summed E-state index contributed by atoms with van der Waals surface area (Å²) in [4.78, 5) is 22.3. The Hall–Kier alpha value is -3.66. The molecule has 0 aliphatic heterocycles. The smallest absolute Gasteiger partial charge is 0.318 e. The van der Waals surface area contributed by atoms with Crippen molar-refractivity contribution in [1.29, 1.82) is 0 Å². The van der Waals surface area contributed by atoms with E-state index in [1.807, 2.05) is 0 Å². The zero-order valence-corrected chi connectivity index (χ0v) is 8.63. The predicted molar refractivity (Wildman–Crippen MR) is 48.4 cm³/mol. The van der Waals surface area contributed by atoms with Crippen molar-refractivity contribution in [1.82, 2.24) is 40.3 Å². The van der Waals surface area contributed by atoms with Gasteiger partial charge in [0.25, 0.3) is 0 Å². The van der Waals surface area contributed by atoms with Crippen molar-refractivity contribution in [2.24, 2.45) is 10.2 Å². The molecular formula is C2H3N13O4. The summed E-state index contributed by atoms with van der Waals surface area (Å²) in [6, 6.07) is 0. The van der Waals surface area contributed by atoms with Crippen molar-refractivity contribution in [3.8, 4) is 0 Å². The molecule has 0 fully saturated rings. The maximum Gasteiger partial charge on any atom is 0.359 e. The minimum absolute atomic E-state index is 0.465. The second-order valence-corrected chi connectivity index (χ2v) is 2.70. The average molecular weight is 273 g/mol. The quantitative estimate of drug-likeness (QED) is 0.310. The highest BCUT2D eigenvalue weighted by atomic mass is 16.7. The van der Waals surface area contributed by atoms with E-state index in [0.29, 0.717) is 14.4 Å². The fourth-order valence-corrected chi connectivity index (χ4v) is 1.000. The average Bonchev–Trinajstić information content (AvgIpc) is 2.86. The summed E-state index contributed by atoms with van der Waals surface area (Å²) in [5.74, 6) is 5.24. The van der Waals surface area contributed by atoms with Crippen LogP contribution in [0.5, 0.6) is 0 Å². The zero-order valence-electron chi connectivity index (χ0n) is 8.63. The van der Waals surface area contributed by atoms with Crippen LogP contribution in [0.25, 0.3) is 0 Å². The summed E-state index contributed by atoms with van der Waals surface area (Å²) < 4.78 is 0. The van der Waals surface area contributed by atoms with E-state index in [-0.39, 0.29) is 0 Å². The molecule has 0 aliphatic rings. The van der Waals surface area contributed by atoms with Gasteiger partial charge in [0, 0.05) is 0 Å². The van der Waals surface area contributed by atoms with Crippen LogP contribution in [0.1, 0.15) is 0 Å². The molecule has 0 saturated carbocycles. The Balaban J connectivity index is 2.72.